The highest BCUT2D eigenvalue weighted by Gasteiger charge is 2.23. The molecule has 1 heterocycles. The number of hydrogen-bond acceptors (Lipinski definition) is 4. The molecule has 0 atom stereocenters. The fourth-order valence-corrected chi connectivity index (χ4v) is 3.50. The molecule has 0 N–H and O–H groups in total. The van der Waals surface area contributed by atoms with Gasteiger partial charge in [0.2, 0.25) is 0 Å². The fourth-order valence-electron chi connectivity index (χ4n) is 2.54. The molecule has 2 aromatic rings. The van der Waals surface area contributed by atoms with Crippen LogP contribution in [0.2, 0.25) is 30.7 Å². The summed E-state index contributed by atoms with van der Waals surface area (Å²) in [5.41, 5.74) is 0.396. The summed E-state index contributed by atoms with van der Waals surface area (Å²) in [5, 5.41) is 0.121. The van der Waals surface area contributed by atoms with Crippen molar-refractivity contribution in [1.82, 2.24) is 4.57 Å². The Bertz CT molecular complexity index is 829. The van der Waals surface area contributed by atoms with Gasteiger partial charge in [0.05, 0.1) is 17.1 Å². The normalized spacial score (nSPS) is 11.8. The van der Waals surface area contributed by atoms with Crippen LogP contribution >= 0.6 is 11.6 Å². The standard InChI is InChI=1S/C18H23ClFNO4Si/c1-5-25-18(23)15-9-13-12(10-22)8-14(19)16(20)17(13)21(15)11-24-6-7-26(2,3)4/h8-10H,5-7,11H2,1-4H3. The quantitative estimate of drug-likeness (QED) is 0.278. The minimum absolute atomic E-state index is 0.0301. The van der Waals surface area contributed by atoms with E-state index in [-0.39, 0.29) is 35.1 Å². The first-order chi connectivity index (χ1) is 12.2. The lowest BCUT2D eigenvalue weighted by Gasteiger charge is -2.17. The summed E-state index contributed by atoms with van der Waals surface area (Å²) in [7, 11) is -1.28. The van der Waals surface area contributed by atoms with Gasteiger partial charge in [-0.2, -0.15) is 0 Å². The van der Waals surface area contributed by atoms with Gasteiger partial charge in [0, 0.05) is 25.6 Å². The number of fused-ring (bicyclic) bond motifs is 1. The number of halogens is 2. The van der Waals surface area contributed by atoms with E-state index in [0.717, 1.165) is 6.04 Å². The van der Waals surface area contributed by atoms with Crippen LogP contribution in [-0.2, 0) is 16.2 Å². The Kier molecular flexibility index (Phi) is 6.60. The molecule has 1 aromatic heterocycles. The molecular formula is C18H23ClFNO4Si. The van der Waals surface area contributed by atoms with E-state index in [1.54, 1.807) is 6.92 Å². The van der Waals surface area contributed by atoms with Crippen LogP contribution < -0.4 is 0 Å². The van der Waals surface area contributed by atoms with Crippen molar-refractivity contribution in [2.24, 2.45) is 0 Å². The van der Waals surface area contributed by atoms with Crippen molar-refractivity contribution in [3.8, 4) is 0 Å². The lowest BCUT2D eigenvalue weighted by Crippen LogP contribution is -2.22. The van der Waals surface area contributed by atoms with Gasteiger partial charge < -0.3 is 14.0 Å². The van der Waals surface area contributed by atoms with Gasteiger partial charge >= 0.3 is 5.97 Å². The van der Waals surface area contributed by atoms with Gasteiger partial charge in [0.25, 0.3) is 0 Å². The Morgan fingerprint density at radius 2 is 2.04 bits per heavy atom. The Balaban J connectivity index is 2.49. The summed E-state index contributed by atoms with van der Waals surface area (Å²) in [5.74, 6) is -1.30. The Hall–Kier alpha value is -1.70. The molecule has 142 valence electrons. The van der Waals surface area contributed by atoms with Crippen molar-refractivity contribution >= 4 is 42.8 Å². The molecule has 0 aliphatic carbocycles. The van der Waals surface area contributed by atoms with Gasteiger partial charge in [0.1, 0.15) is 12.4 Å². The summed E-state index contributed by atoms with van der Waals surface area (Å²) >= 11 is 5.92. The molecule has 1 aromatic carbocycles. The Morgan fingerprint density at radius 3 is 2.62 bits per heavy atom. The molecule has 0 aliphatic rings. The van der Waals surface area contributed by atoms with Crippen molar-refractivity contribution in [1.29, 1.82) is 0 Å². The Labute approximate surface area is 158 Å². The SMILES string of the molecule is CCOC(=O)c1cc2c(C=O)cc(Cl)c(F)c2n1COCC[Si](C)(C)C. The van der Waals surface area contributed by atoms with Gasteiger partial charge in [-0.3, -0.25) is 4.79 Å². The number of carbonyl (C=O) groups is 2. The van der Waals surface area contributed by atoms with Gasteiger partial charge in [-0.15, -0.1) is 0 Å². The molecule has 5 nitrogen and oxygen atoms in total. The second kappa shape index (κ2) is 8.33. The number of ether oxygens (including phenoxy) is 2. The lowest BCUT2D eigenvalue weighted by atomic mass is 10.1. The molecule has 0 radical (unpaired) electrons. The largest absolute Gasteiger partial charge is 0.461 e. The van der Waals surface area contributed by atoms with Crippen molar-refractivity contribution < 1.29 is 23.5 Å². The van der Waals surface area contributed by atoms with E-state index in [9.17, 15) is 14.0 Å². The smallest absolute Gasteiger partial charge is 0.355 e. The maximum atomic E-state index is 14.7. The predicted octanol–water partition coefficient (Wildman–Crippen LogP) is 4.74. The molecule has 2 rings (SSSR count). The minimum atomic E-state index is -1.28. The van der Waals surface area contributed by atoms with E-state index in [1.165, 1.54) is 16.7 Å². The third kappa shape index (κ3) is 4.52. The van der Waals surface area contributed by atoms with Crippen molar-refractivity contribution in [3.63, 3.8) is 0 Å². The monoisotopic (exact) mass is 399 g/mol. The summed E-state index contributed by atoms with van der Waals surface area (Å²) in [4.78, 5) is 23.6. The molecular weight excluding hydrogens is 377 g/mol. The number of hydrogen-bond donors (Lipinski definition) is 0. The third-order valence-electron chi connectivity index (χ3n) is 3.94. The molecule has 0 aliphatic heterocycles. The third-order valence-corrected chi connectivity index (χ3v) is 5.92. The van der Waals surface area contributed by atoms with E-state index in [0.29, 0.717) is 18.3 Å². The number of carbonyl (C=O) groups excluding carboxylic acids is 2. The van der Waals surface area contributed by atoms with E-state index in [4.69, 9.17) is 21.1 Å². The van der Waals surface area contributed by atoms with Gasteiger partial charge in [-0.05, 0) is 25.1 Å². The lowest BCUT2D eigenvalue weighted by molar-refractivity contribution is 0.0477. The van der Waals surface area contributed by atoms with Crippen molar-refractivity contribution in [2.75, 3.05) is 13.2 Å². The zero-order valence-electron chi connectivity index (χ0n) is 15.4. The summed E-state index contributed by atoms with van der Waals surface area (Å²) in [6.07, 6.45) is 0.582. The van der Waals surface area contributed by atoms with Gasteiger partial charge in [0.15, 0.2) is 12.1 Å². The van der Waals surface area contributed by atoms with Crippen LogP contribution in [-0.4, -0.2) is 38.1 Å². The van der Waals surface area contributed by atoms with Crippen molar-refractivity contribution in [2.45, 2.75) is 39.3 Å². The van der Waals surface area contributed by atoms with E-state index in [2.05, 4.69) is 19.6 Å². The second-order valence-electron chi connectivity index (χ2n) is 7.17. The van der Waals surface area contributed by atoms with Crippen LogP contribution in [0.3, 0.4) is 0 Å². The number of aldehydes is 1. The van der Waals surface area contributed by atoms with Gasteiger partial charge in [-0.25, -0.2) is 9.18 Å². The molecule has 0 unspecified atom stereocenters. The molecule has 0 saturated carbocycles. The first-order valence-corrected chi connectivity index (χ1v) is 12.5. The highest BCUT2D eigenvalue weighted by molar-refractivity contribution is 6.76. The van der Waals surface area contributed by atoms with E-state index >= 15 is 0 Å². The predicted molar refractivity (Wildman–Crippen MR) is 102 cm³/mol. The second-order valence-corrected chi connectivity index (χ2v) is 13.2. The van der Waals surface area contributed by atoms with E-state index in [1.807, 2.05) is 0 Å². The van der Waals surface area contributed by atoms with Gasteiger partial charge in [-0.1, -0.05) is 31.2 Å². The molecule has 0 amide bonds. The highest BCUT2D eigenvalue weighted by atomic mass is 35.5. The molecule has 0 fully saturated rings. The average Bonchev–Trinajstić information content (AvgIpc) is 2.94. The van der Waals surface area contributed by atoms with Crippen LogP contribution in [0, 0.1) is 5.82 Å². The number of aromatic nitrogens is 1. The van der Waals surface area contributed by atoms with Crippen LogP contribution in [0.5, 0.6) is 0 Å². The van der Waals surface area contributed by atoms with Crippen LogP contribution in [0.15, 0.2) is 12.1 Å². The molecule has 0 saturated heterocycles. The number of nitrogens with zero attached hydrogens (tertiary/aromatic N) is 1. The molecule has 0 bridgehead atoms. The zero-order valence-corrected chi connectivity index (χ0v) is 17.2. The number of rotatable bonds is 8. The molecule has 8 heteroatoms. The zero-order chi connectivity index (χ0) is 19.5. The maximum absolute atomic E-state index is 14.7. The first-order valence-electron chi connectivity index (χ1n) is 8.41. The number of benzene rings is 1. The highest BCUT2D eigenvalue weighted by Crippen LogP contribution is 2.31. The Morgan fingerprint density at radius 1 is 1.35 bits per heavy atom. The van der Waals surface area contributed by atoms with E-state index < -0.39 is 19.9 Å². The van der Waals surface area contributed by atoms with Crippen LogP contribution in [0.1, 0.15) is 27.8 Å². The minimum Gasteiger partial charge on any atom is -0.461 e. The van der Waals surface area contributed by atoms with Crippen LogP contribution in [0.4, 0.5) is 4.39 Å². The topological polar surface area (TPSA) is 57.5 Å². The maximum Gasteiger partial charge on any atom is 0.355 e. The average molecular weight is 400 g/mol. The molecule has 0 spiro atoms. The summed E-state index contributed by atoms with van der Waals surface area (Å²) < 4.78 is 26.8. The number of esters is 1. The van der Waals surface area contributed by atoms with Crippen molar-refractivity contribution in [3.05, 3.63) is 34.2 Å². The fraction of sp³-hybridized carbons (Fsp3) is 0.444. The summed E-state index contributed by atoms with van der Waals surface area (Å²) in [6.45, 7) is 9.01. The van der Waals surface area contributed by atoms with Crippen LogP contribution in [0.25, 0.3) is 10.9 Å². The first kappa shape index (κ1) is 20.6. The summed E-state index contributed by atoms with van der Waals surface area (Å²) in [6, 6.07) is 3.62. The molecule has 26 heavy (non-hydrogen) atoms.